The third-order valence-electron chi connectivity index (χ3n) is 3.67. The van der Waals surface area contributed by atoms with Crippen LogP contribution in [0.2, 0.25) is 5.02 Å². The smallest absolute Gasteiger partial charge is 0.271 e. The molecule has 0 atom stereocenters. The second kappa shape index (κ2) is 9.23. The Morgan fingerprint density at radius 3 is 2.28 bits per heavy atom. The second-order valence-electron chi connectivity index (χ2n) is 6.20. The third kappa shape index (κ3) is 6.24. The van der Waals surface area contributed by atoms with Gasteiger partial charge in [0.15, 0.2) is 0 Å². The Labute approximate surface area is 153 Å². The van der Waals surface area contributed by atoms with Gasteiger partial charge in [0.1, 0.15) is 5.75 Å². The van der Waals surface area contributed by atoms with Crippen LogP contribution in [0.25, 0.3) is 0 Å². The van der Waals surface area contributed by atoms with E-state index in [4.69, 9.17) is 16.3 Å². The summed E-state index contributed by atoms with van der Waals surface area (Å²) >= 11 is 5.86. The molecule has 1 amide bonds. The van der Waals surface area contributed by atoms with Gasteiger partial charge in [-0.1, -0.05) is 37.6 Å². The lowest BCUT2D eigenvalue weighted by Crippen LogP contribution is -2.19. The number of nitrogens with one attached hydrogen (secondary N) is 1. The van der Waals surface area contributed by atoms with E-state index in [0.717, 1.165) is 17.7 Å². The monoisotopic (exact) mass is 358 g/mol. The van der Waals surface area contributed by atoms with Crippen molar-refractivity contribution < 1.29 is 9.53 Å². The number of carbonyl (C=O) groups is 1. The molecule has 0 aliphatic carbocycles. The Bertz CT molecular complexity index is 722. The van der Waals surface area contributed by atoms with Gasteiger partial charge in [-0.2, -0.15) is 5.10 Å². The Morgan fingerprint density at radius 2 is 1.68 bits per heavy atom. The maximum absolute atomic E-state index is 12.2. The van der Waals surface area contributed by atoms with Crippen molar-refractivity contribution in [2.75, 3.05) is 6.61 Å². The van der Waals surface area contributed by atoms with Crippen LogP contribution in [-0.2, 0) is 0 Å². The van der Waals surface area contributed by atoms with Gasteiger partial charge in [-0.15, -0.1) is 0 Å². The fourth-order valence-corrected chi connectivity index (χ4v) is 2.20. The van der Waals surface area contributed by atoms with E-state index in [1.807, 2.05) is 19.1 Å². The van der Waals surface area contributed by atoms with Crippen LogP contribution in [0, 0.1) is 5.92 Å². The molecule has 2 rings (SSSR count). The zero-order valence-electron chi connectivity index (χ0n) is 14.8. The van der Waals surface area contributed by atoms with Gasteiger partial charge >= 0.3 is 0 Å². The van der Waals surface area contributed by atoms with Gasteiger partial charge < -0.3 is 4.74 Å². The Balaban J connectivity index is 1.91. The van der Waals surface area contributed by atoms with Crippen LogP contribution < -0.4 is 10.2 Å². The zero-order chi connectivity index (χ0) is 18.2. The van der Waals surface area contributed by atoms with Crippen molar-refractivity contribution in [3.05, 3.63) is 64.7 Å². The second-order valence-corrected chi connectivity index (χ2v) is 6.64. The van der Waals surface area contributed by atoms with Crippen LogP contribution in [0.4, 0.5) is 0 Å². The van der Waals surface area contributed by atoms with Crippen molar-refractivity contribution in [3.8, 4) is 5.75 Å². The van der Waals surface area contributed by atoms with Gasteiger partial charge in [-0.05, 0) is 61.2 Å². The molecule has 4 nitrogen and oxygen atoms in total. The van der Waals surface area contributed by atoms with E-state index in [9.17, 15) is 4.79 Å². The molecule has 0 radical (unpaired) electrons. The number of rotatable bonds is 7. The molecule has 0 bridgehead atoms. The molecule has 2 aromatic carbocycles. The molecule has 0 fully saturated rings. The van der Waals surface area contributed by atoms with E-state index >= 15 is 0 Å². The standard InChI is InChI=1S/C20H23ClN2O2/c1-14(2)12-13-25-19-10-6-17(7-11-19)20(24)23-22-15(3)16-4-8-18(21)9-5-16/h4-11,14H,12-13H2,1-3H3,(H,23,24)/b22-15+. The molecule has 0 unspecified atom stereocenters. The lowest BCUT2D eigenvalue weighted by Gasteiger charge is -2.08. The molecule has 0 spiro atoms. The number of ether oxygens (including phenoxy) is 1. The van der Waals surface area contributed by atoms with Gasteiger partial charge in [0.05, 0.1) is 12.3 Å². The van der Waals surface area contributed by atoms with E-state index in [0.29, 0.717) is 28.8 Å². The van der Waals surface area contributed by atoms with Gasteiger partial charge in [0.25, 0.3) is 5.91 Å². The van der Waals surface area contributed by atoms with Crippen molar-refractivity contribution in [2.45, 2.75) is 27.2 Å². The van der Waals surface area contributed by atoms with Crippen molar-refractivity contribution in [2.24, 2.45) is 11.0 Å². The molecule has 0 heterocycles. The van der Waals surface area contributed by atoms with Crippen LogP contribution in [0.15, 0.2) is 53.6 Å². The molecule has 0 saturated heterocycles. The molecule has 0 aliphatic heterocycles. The van der Waals surface area contributed by atoms with E-state index < -0.39 is 0 Å². The van der Waals surface area contributed by atoms with Crippen molar-refractivity contribution >= 4 is 23.2 Å². The highest BCUT2D eigenvalue weighted by Gasteiger charge is 2.06. The topological polar surface area (TPSA) is 50.7 Å². The summed E-state index contributed by atoms with van der Waals surface area (Å²) in [4.78, 5) is 12.2. The molecular formula is C20H23ClN2O2. The molecule has 1 N–H and O–H groups in total. The fourth-order valence-electron chi connectivity index (χ4n) is 2.07. The summed E-state index contributed by atoms with van der Waals surface area (Å²) in [6, 6.07) is 14.3. The lowest BCUT2D eigenvalue weighted by atomic mass is 10.1. The average molecular weight is 359 g/mol. The number of halogens is 1. The van der Waals surface area contributed by atoms with Crippen LogP contribution in [-0.4, -0.2) is 18.2 Å². The molecular weight excluding hydrogens is 336 g/mol. The van der Waals surface area contributed by atoms with Gasteiger partial charge in [0.2, 0.25) is 0 Å². The number of hydrazone groups is 1. The first-order valence-electron chi connectivity index (χ1n) is 8.29. The predicted octanol–water partition coefficient (Wildman–Crippen LogP) is 4.92. The van der Waals surface area contributed by atoms with Crippen LogP contribution in [0.1, 0.15) is 43.1 Å². The maximum Gasteiger partial charge on any atom is 0.271 e. The van der Waals surface area contributed by atoms with Crippen molar-refractivity contribution in [1.29, 1.82) is 0 Å². The van der Waals surface area contributed by atoms with Gasteiger partial charge in [0, 0.05) is 10.6 Å². The Morgan fingerprint density at radius 1 is 1.08 bits per heavy atom. The largest absolute Gasteiger partial charge is 0.494 e. The summed E-state index contributed by atoms with van der Waals surface area (Å²) in [7, 11) is 0. The number of nitrogens with zero attached hydrogens (tertiary/aromatic N) is 1. The van der Waals surface area contributed by atoms with E-state index in [-0.39, 0.29) is 5.91 Å². The number of carbonyl (C=O) groups excluding carboxylic acids is 1. The lowest BCUT2D eigenvalue weighted by molar-refractivity contribution is 0.0955. The number of hydrogen-bond acceptors (Lipinski definition) is 3. The summed E-state index contributed by atoms with van der Waals surface area (Å²) in [5.74, 6) is 1.10. The van der Waals surface area contributed by atoms with Crippen LogP contribution in [0.5, 0.6) is 5.75 Å². The van der Waals surface area contributed by atoms with Crippen LogP contribution >= 0.6 is 11.6 Å². The predicted molar refractivity (Wildman–Crippen MR) is 103 cm³/mol. The summed E-state index contributed by atoms with van der Waals surface area (Å²) in [6.45, 7) is 6.82. The first kappa shape index (κ1) is 19.0. The van der Waals surface area contributed by atoms with Crippen LogP contribution in [0.3, 0.4) is 0 Å². The van der Waals surface area contributed by atoms with E-state index in [1.165, 1.54) is 0 Å². The molecule has 25 heavy (non-hydrogen) atoms. The minimum absolute atomic E-state index is 0.262. The third-order valence-corrected chi connectivity index (χ3v) is 3.92. The van der Waals surface area contributed by atoms with Gasteiger partial charge in [-0.3, -0.25) is 4.79 Å². The Hall–Kier alpha value is -2.33. The SMILES string of the molecule is C/C(=N\NC(=O)c1ccc(OCCC(C)C)cc1)c1ccc(Cl)cc1. The minimum Gasteiger partial charge on any atom is -0.494 e. The fraction of sp³-hybridized carbons (Fsp3) is 0.300. The Kier molecular flexibility index (Phi) is 7.02. The summed E-state index contributed by atoms with van der Waals surface area (Å²) < 4.78 is 5.65. The minimum atomic E-state index is -0.262. The van der Waals surface area contributed by atoms with Crippen molar-refractivity contribution in [3.63, 3.8) is 0 Å². The number of amides is 1. The van der Waals surface area contributed by atoms with E-state index in [1.54, 1.807) is 36.4 Å². The highest BCUT2D eigenvalue weighted by Crippen LogP contribution is 2.14. The molecule has 5 heteroatoms. The molecule has 2 aromatic rings. The number of hydrogen-bond donors (Lipinski definition) is 1. The van der Waals surface area contributed by atoms with Crippen molar-refractivity contribution in [1.82, 2.24) is 5.43 Å². The summed E-state index contributed by atoms with van der Waals surface area (Å²) in [6.07, 6.45) is 1.00. The molecule has 132 valence electrons. The highest BCUT2D eigenvalue weighted by atomic mass is 35.5. The summed E-state index contributed by atoms with van der Waals surface area (Å²) in [5.41, 5.74) is 4.70. The summed E-state index contributed by atoms with van der Waals surface area (Å²) in [5, 5.41) is 4.80. The maximum atomic E-state index is 12.2. The normalized spacial score (nSPS) is 11.5. The molecule has 0 aliphatic rings. The quantitative estimate of drug-likeness (QED) is 0.564. The zero-order valence-corrected chi connectivity index (χ0v) is 15.5. The average Bonchev–Trinajstić information content (AvgIpc) is 2.60. The molecule has 0 saturated carbocycles. The van der Waals surface area contributed by atoms with E-state index in [2.05, 4.69) is 24.4 Å². The molecule has 0 aromatic heterocycles. The van der Waals surface area contributed by atoms with Gasteiger partial charge in [-0.25, -0.2) is 5.43 Å². The first-order valence-corrected chi connectivity index (χ1v) is 8.67. The highest BCUT2D eigenvalue weighted by molar-refractivity contribution is 6.30. The first-order chi connectivity index (χ1) is 12.0. The number of benzene rings is 2.